The number of non-ortho nitro benzene ring substituents is 1. The molecule has 2 aromatic rings. The van der Waals surface area contributed by atoms with E-state index in [-0.39, 0.29) is 11.7 Å². The van der Waals surface area contributed by atoms with Crippen molar-refractivity contribution in [2.75, 3.05) is 5.32 Å². The minimum Gasteiger partial charge on any atom is -0.379 e. The molecule has 2 rings (SSSR count). The van der Waals surface area contributed by atoms with Crippen LogP contribution < -0.4 is 5.32 Å². The molecule has 0 aromatic heterocycles. The zero-order chi connectivity index (χ0) is 13.8. The molecule has 0 radical (unpaired) electrons. The largest absolute Gasteiger partial charge is 0.379 e. The maximum atomic E-state index is 10.6. The van der Waals surface area contributed by atoms with Crippen LogP contribution in [0.3, 0.4) is 0 Å². The van der Waals surface area contributed by atoms with Gasteiger partial charge in [-0.05, 0) is 36.8 Å². The van der Waals surface area contributed by atoms with E-state index in [1.807, 2.05) is 31.2 Å². The molecule has 0 aliphatic carbocycles. The highest BCUT2D eigenvalue weighted by Gasteiger charge is 2.07. The third kappa shape index (κ3) is 3.54. The summed E-state index contributed by atoms with van der Waals surface area (Å²) in [4.78, 5) is 10.2. The molecule has 0 spiro atoms. The van der Waals surface area contributed by atoms with Gasteiger partial charge >= 0.3 is 0 Å². The molecule has 0 aliphatic heterocycles. The normalized spacial score (nSPS) is 11.9. The molecule has 0 aliphatic rings. The Morgan fingerprint density at radius 1 is 1.21 bits per heavy atom. The Hall–Kier alpha value is -1.88. The van der Waals surface area contributed by atoms with Gasteiger partial charge in [-0.1, -0.05) is 28.1 Å². The Labute approximate surface area is 119 Å². The average molecular weight is 321 g/mol. The van der Waals surface area contributed by atoms with Gasteiger partial charge in [0.15, 0.2) is 0 Å². The van der Waals surface area contributed by atoms with Crippen LogP contribution in [0.1, 0.15) is 18.5 Å². The van der Waals surface area contributed by atoms with Gasteiger partial charge in [-0.2, -0.15) is 0 Å². The quantitative estimate of drug-likeness (QED) is 0.665. The van der Waals surface area contributed by atoms with Crippen LogP contribution in [0.5, 0.6) is 0 Å². The van der Waals surface area contributed by atoms with Crippen molar-refractivity contribution in [3.8, 4) is 0 Å². The molecule has 0 bridgehead atoms. The second kappa shape index (κ2) is 5.84. The van der Waals surface area contributed by atoms with Crippen molar-refractivity contribution in [1.82, 2.24) is 0 Å². The Bertz CT molecular complexity index is 584. The van der Waals surface area contributed by atoms with Gasteiger partial charge < -0.3 is 5.32 Å². The lowest BCUT2D eigenvalue weighted by Crippen LogP contribution is -2.06. The molecule has 4 nitrogen and oxygen atoms in total. The summed E-state index contributed by atoms with van der Waals surface area (Å²) in [6.07, 6.45) is 0. The maximum absolute atomic E-state index is 10.6. The number of nitro benzene ring substituents is 1. The second-order valence-corrected chi connectivity index (χ2v) is 5.14. The van der Waals surface area contributed by atoms with Crippen LogP contribution in [0.25, 0.3) is 0 Å². The molecule has 2 aromatic carbocycles. The summed E-state index contributed by atoms with van der Waals surface area (Å²) in [6, 6.07) is 14.6. The molecule has 0 saturated carbocycles. The van der Waals surface area contributed by atoms with E-state index in [0.29, 0.717) is 0 Å². The topological polar surface area (TPSA) is 55.2 Å². The molecule has 1 unspecified atom stereocenters. The number of hydrogen-bond donors (Lipinski definition) is 1. The number of halogens is 1. The summed E-state index contributed by atoms with van der Waals surface area (Å²) < 4.78 is 1.03. The molecular formula is C14H13BrN2O2. The lowest BCUT2D eigenvalue weighted by atomic mass is 10.1. The summed E-state index contributed by atoms with van der Waals surface area (Å²) in [5.41, 5.74) is 2.10. The van der Waals surface area contributed by atoms with E-state index >= 15 is 0 Å². The molecule has 0 heterocycles. The first-order chi connectivity index (χ1) is 9.06. The smallest absolute Gasteiger partial charge is 0.269 e. The molecule has 0 amide bonds. The number of nitrogens with one attached hydrogen (secondary N) is 1. The molecule has 19 heavy (non-hydrogen) atoms. The Morgan fingerprint density at radius 3 is 2.47 bits per heavy atom. The minimum atomic E-state index is -0.401. The molecule has 98 valence electrons. The van der Waals surface area contributed by atoms with Gasteiger partial charge in [0.05, 0.1) is 4.92 Å². The highest BCUT2D eigenvalue weighted by atomic mass is 79.9. The van der Waals surface area contributed by atoms with Gasteiger partial charge in [-0.3, -0.25) is 10.1 Å². The van der Waals surface area contributed by atoms with Crippen LogP contribution in [-0.2, 0) is 0 Å². The number of anilines is 1. The van der Waals surface area contributed by atoms with E-state index in [2.05, 4.69) is 21.2 Å². The number of rotatable bonds is 4. The summed E-state index contributed by atoms with van der Waals surface area (Å²) in [5, 5.41) is 13.9. The molecule has 5 heteroatoms. The Morgan fingerprint density at radius 2 is 1.89 bits per heavy atom. The fourth-order valence-electron chi connectivity index (χ4n) is 1.79. The Kier molecular flexibility index (Phi) is 4.16. The van der Waals surface area contributed by atoms with Crippen molar-refractivity contribution in [1.29, 1.82) is 0 Å². The first-order valence-electron chi connectivity index (χ1n) is 5.83. The van der Waals surface area contributed by atoms with Crippen molar-refractivity contribution in [2.45, 2.75) is 13.0 Å². The molecule has 1 atom stereocenters. The van der Waals surface area contributed by atoms with Gasteiger partial charge in [-0.15, -0.1) is 0 Å². The lowest BCUT2D eigenvalue weighted by Gasteiger charge is -2.15. The monoisotopic (exact) mass is 320 g/mol. The summed E-state index contributed by atoms with van der Waals surface area (Å²) in [7, 11) is 0. The molecule has 0 saturated heterocycles. The predicted octanol–water partition coefficient (Wildman–Crippen LogP) is 4.53. The van der Waals surface area contributed by atoms with Gasteiger partial charge in [0.2, 0.25) is 0 Å². The van der Waals surface area contributed by atoms with Crippen molar-refractivity contribution in [2.24, 2.45) is 0 Å². The predicted molar refractivity (Wildman–Crippen MR) is 79.3 cm³/mol. The van der Waals surface area contributed by atoms with Gasteiger partial charge in [0.1, 0.15) is 0 Å². The van der Waals surface area contributed by atoms with E-state index in [1.165, 1.54) is 12.1 Å². The van der Waals surface area contributed by atoms with E-state index in [1.54, 1.807) is 12.1 Å². The van der Waals surface area contributed by atoms with E-state index in [9.17, 15) is 10.1 Å². The Balaban J connectivity index is 2.10. The van der Waals surface area contributed by atoms with Crippen molar-refractivity contribution >= 4 is 27.3 Å². The molecule has 1 N–H and O–H groups in total. The summed E-state index contributed by atoms with van der Waals surface area (Å²) in [5.74, 6) is 0. The number of nitro groups is 1. The third-order valence-corrected chi connectivity index (χ3v) is 3.30. The molecular weight excluding hydrogens is 308 g/mol. The lowest BCUT2D eigenvalue weighted by molar-refractivity contribution is -0.384. The highest BCUT2D eigenvalue weighted by Crippen LogP contribution is 2.23. The fraction of sp³-hybridized carbons (Fsp3) is 0.143. The summed E-state index contributed by atoms with van der Waals surface area (Å²) >= 11 is 3.44. The first-order valence-corrected chi connectivity index (χ1v) is 6.62. The van der Waals surface area contributed by atoms with Crippen LogP contribution in [0.4, 0.5) is 11.4 Å². The fourth-order valence-corrected chi connectivity index (χ4v) is 2.21. The van der Waals surface area contributed by atoms with Gasteiger partial charge in [0, 0.05) is 28.3 Å². The standard InChI is InChI=1S/C14H13BrN2O2/c1-10(11-3-2-4-12(15)9-11)16-13-5-7-14(8-6-13)17(18)19/h2-10,16H,1H3. The second-order valence-electron chi connectivity index (χ2n) is 4.23. The van der Waals surface area contributed by atoms with E-state index in [0.717, 1.165) is 15.7 Å². The van der Waals surface area contributed by atoms with Crippen molar-refractivity contribution in [3.63, 3.8) is 0 Å². The first kappa shape index (κ1) is 13.5. The zero-order valence-corrected chi connectivity index (χ0v) is 11.9. The number of nitrogens with zero attached hydrogens (tertiary/aromatic N) is 1. The SMILES string of the molecule is CC(Nc1ccc([N+](=O)[O-])cc1)c1cccc(Br)c1. The average Bonchev–Trinajstić information content (AvgIpc) is 2.39. The van der Waals surface area contributed by atoms with Crippen molar-refractivity contribution < 1.29 is 4.92 Å². The number of hydrogen-bond acceptors (Lipinski definition) is 3. The third-order valence-electron chi connectivity index (χ3n) is 2.81. The highest BCUT2D eigenvalue weighted by molar-refractivity contribution is 9.10. The summed E-state index contributed by atoms with van der Waals surface area (Å²) in [6.45, 7) is 2.04. The van der Waals surface area contributed by atoms with Crippen LogP contribution in [-0.4, -0.2) is 4.92 Å². The van der Waals surface area contributed by atoms with Crippen LogP contribution in [0, 0.1) is 10.1 Å². The van der Waals surface area contributed by atoms with Gasteiger partial charge in [0.25, 0.3) is 5.69 Å². The van der Waals surface area contributed by atoms with E-state index < -0.39 is 4.92 Å². The van der Waals surface area contributed by atoms with Crippen LogP contribution in [0.2, 0.25) is 0 Å². The minimum absolute atomic E-state index is 0.0978. The van der Waals surface area contributed by atoms with Crippen LogP contribution in [0.15, 0.2) is 53.0 Å². The van der Waals surface area contributed by atoms with E-state index in [4.69, 9.17) is 0 Å². The van der Waals surface area contributed by atoms with Crippen molar-refractivity contribution in [3.05, 3.63) is 68.7 Å². The number of benzene rings is 2. The molecule has 0 fully saturated rings. The van der Waals surface area contributed by atoms with Crippen LogP contribution >= 0.6 is 15.9 Å². The van der Waals surface area contributed by atoms with Gasteiger partial charge in [-0.25, -0.2) is 0 Å². The maximum Gasteiger partial charge on any atom is 0.269 e. The zero-order valence-electron chi connectivity index (χ0n) is 10.3.